The summed E-state index contributed by atoms with van der Waals surface area (Å²) in [4.78, 5) is -0.188. The number of hydrogen-bond donors (Lipinski definition) is 1. The molecule has 0 atom stereocenters. The van der Waals surface area contributed by atoms with Crippen LogP contribution >= 0.6 is 0 Å². The van der Waals surface area contributed by atoms with Gasteiger partial charge in [0.25, 0.3) is 0 Å². The first-order valence-corrected chi connectivity index (χ1v) is 10.5. The summed E-state index contributed by atoms with van der Waals surface area (Å²) in [6.07, 6.45) is 0. The molecule has 0 bridgehead atoms. The summed E-state index contributed by atoms with van der Waals surface area (Å²) in [5.41, 5.74) is 0. The van der Waals surface area contributed by atoms with Crippen molar-refractivity contribution in [3.63, 3.8) is 0 Å². The Morgan fingerprint density at radius 1 is 0.966 bits per heavy atom. The van der Waals surface area contributed by atoms with E-state index in [2.05, 4.69) is 16.6 Å². The highest BCUT2D eigenvalue weighted by Crippen LogP contribution is 2.25. The van der Waals surface area contributed by atoms with Crippen LogP contribution in [-0.4, -0.2) is 28.2 Å². The number of fused-ring (bicyclic) bond motifs is 1. The van der Waals surface area contributed by atoms with Crippen LogP contribution in [0.2, 0.25) is 0 Å². The zero-order chi connectivity index (χ0) is 20.7. The summed E-state index contributed by atoms with van der Waals surface area (Å²) >= 11 is 0. The molecule has 7 heteroatoms. The lowest BCUT2D eigenvalue weighted by atomic mass is 10.1. The quantitative estimate of drug-likeness (QED) is 0.600. The van der Waals surface area contributed by atoms with Gasteiger partial charge < -0.3 is 9.47 Å². The third-order valence-electron chi connectivity index (χ3n) is 4.04. The Hall–Kier alpha value is -3.08. The maximum Gasteiger partial charge on any atom is 0.241 e. The lowest BCUT2D eigenvalue weighted by molar-refractivity contribution is 0.321. The minimum atomic E-state index is -3.87. The Morgan fingerprint density at radius 2 is 1.76 bits per heavy atom. The van der Waals surface area contributed by atoms with Crippen LogP contribution in [0.1, 0.15) is 6.92 Å². The number of hydrogen-bond acceptors (Lipinski definition) is 4. The Morgan fingerprint density at radius 3 is 2.55 bits per heavy atom. The lowest BCUT2D eigenvalue weighted by Crippen LogP contribution is -2.24. The topological polar surface area (TPSA) is 64.6 Å². The fourth-order valence-electron chi connectivity index (χ4n) is 2.68. The Bertz CT molecular complexity index is 1160. The zero-order valence-corrected chi connectivity index (χ0v) is 16.6. The highest BCUT2D eigenvalue weighted by Gasteiger charge is 2.15. The fraction of sp³-hybridized carbons (Fsp3) is 0.182. The molecule has 3 aromatic carbocycles. The molecule has 0 radical (unpaired) electrons. The molecule has 29 heavy (non-hydrogen) atoms. The first-order valence-electron chi connectivity index (χ1n) is 8.99. The minimum Gasteiger partial charge on any atom is -0.491 e. The van der Waals surface area contributed by atoms with E-state index < -0.39 is 15.8 Å². The van der Waals surface area contributed by atoms with Crippen molar-refractivity contribution in [1.82, 2.24) is 4.72 Å². The molecule has 0 aliphatic rings. The van der Waals surface area contributed by atoms with Gasteiger partial charge in [-0.3, -0.25) is 0 Å². The Kier molecular flexibility index (Phi) is 6.70. The fourth-order valence-corrected chi connectivity index (χ4v) is 3.62. The molecule has 0 aliphatic heterocycles. The van der Waals surface area contributed by atoms with E-state index in [9.17, 15) is 12.8 Å². The highest BCUT2D eigenvalue weighted by molar-refractivity contribution is 7.89. The van der Waals surface area contributed by atoms with Gasteiger partial charge in [0.05, 0.1) is 18.0 Å². The summed E-state index contributed by atoms with van der Waals surface area (Å²) in [5, 5.41) is 2.04. The molecule has 0 unspecified atom stereocenters. The van der Waals surface area contributed by atoms with Gasteiger partial charge in [-0.25, -0.2) is 12.8 Å². The van der Waals surface area contributed by atoms with Gasteiger partial charge in [-0.1, -0.05) is 48.2 Å². The van der Waals surface area contributed by atoms with Crippen molar-refractivity contribution in [2.45, 2.75) is 11.8 Å². The molecule has 0 amide bonds. The van der Waals surface area contributed by atoms with Crippen LogP contribution in [-0.2, 0) is 10.0 Å². The van der Waals surface area contributed by atoms with Gasteiger partial charge in [-0.2, -0.15) is 4.72 Å². The van der Waals surface area contributed by atoms with Crippen molar-refractivity contribution in [3.8, 4) is 23.3 Å². The molecule has 0 spiro atoms. The van der Waals surface area contributed by atoms with Crippen molar-refractivity contribution in [1.29, 1.82) is 0 Å². The Balaban J connectivity index is 1.56. The van der Waals surface area contributed by atoms with Gasteiger partial charge in [-0.15, -0.1) is 0 Å². The smallest absolute Gasteiger partial charge is 0.241 e. The third-order valence-corrected chi connectivity index (χ3v) is 5.44. The summed E-state index contributed by atoms with van der Waals surface area (Å²) < 4.78 is 51.4. The predicted molar refractivity (Wildman–Crippen MR) is 110 cm³/mol. The van der Waals surface area contributed by atoms with Crippen LogP contribution in [0.5, 0.6) is 11.5 Å². The highest BCUT2D eigenvalue weighted by atomic mass is 32.2. The molecule has 0 saturated carbocycles. The molecule has 3 rings (SSSR count). The molecule has 0 heterocycles. The predicted octanol–water partition coefficient (Wildman–Crippen LogP) is 3.74. The second kappa shape index (κ2) is 9.41. The molecule has 5 nitrogen and oxygen atoms in total. The van der Waals surface area contributed by atoms with Gasteiger partial charge >= 0.3 is 0 Å². The number of rotatable bonds is 7. The monoisotopic (exact) mass is 413 g/mol. The van der Waals surface area contributed by atoms with E-state index in [0.717, 1.165) is 16.8 Å². The number of halogens is 1. The van der Waals surface area contributed by atoms with Gasteiger partial charge in [-0.05, 0) is 36.6 Å². The van der Waals surface area contributed by atoms with Crippen LogP contribution < -0.4 is 14.2 Å². The van der Waals surface area contributed by atoms with Crippen LogP contribution in [0, 0.1) is 17.7 Å². The van der Waals surface area contributed by atoms with Gasteiger partial charge in [0.2, 0.25) is 10.0 Å². The number of ether oxygens (including phenoxy) is 2. The van der Waals surface area contributed by atoms with Crippen molar-refractivity contribution < 1.29 is 22.3 Å². The van der Waals surface area contributed by atoms with E-state index in [4.69, 9.17) is 9.47 Å². The molecular weight excluding hydrogens is 393 g/mol. The van der Waals surface area contributed by atoms with Crippen molar-refractivity contribution in [3.05, 3.63) is 66.5 Å². The molecule has 0 aliphatic carbocycles. The Labute approximate surface area is 169 Å². The average Bonchev–Trinajstić information content (AvgIpc) is 2.72. The van der Waals surface area contributed by atoms with Crippen LogP contribution in [0.15, 0.2) is 65.6 Å². The molecule has 3 aromatic rings. The van der Waals surface area contributed by atoms with Gasteiger partial charge in [0, 0.05) is 5.39 Å². The minimum absolute atomic E-state index is 0.0110. The normalized spacial score (nSPS) is 11.0. The van der Waals surface area contributed by atoms with Gasteiger partial charge in [0.15, 0.2) is 11.6 Å². The average molecular weight is 413 g/mol. The molecule has 0 aromatic heterocycles. The van der Waals surface area contributed by atoms with E-state index in [-0.39, 0.29) is 30.4 Å². The lowest BCUT2D eigenvalue weighted by Gasteiger charge is -2.08. The first-order chi connectivity index (χ1) is 14.0. The molecular formula is C22H20FNO4S. The van der Waals surface area contributed by atoms with Crippen molar-refractivity contribution in [2.24, 2.45) is 0 Å². The standard InChI is InChI=1S/C22H20FNO4S/c1-2-27-22-13-12-18(16-20(22)23)29(25,26)24-14-5-6-15-28-21-11-7-9-17-8-3-4-10-19(17)21/h3-4,7-13,16,24H,2,14-15H2,1H3. The summed E-state index contributed by atoms with van der Waals surface area (Å²) in [7, 11) is -3.87. The summed E-state index contributed by atoms with van der Waals surface area (Å²) in [6.45, 7) is 2.01. The van der Waals surface area contributed by atoms with Gasteiger partial charge in [0.1, 0.15) is 12.4 Å². The summed E-state index contributed by atoms with van der Waals surface area (Å²) in [5.74, 6) is 5.45. The first kappa shape index (κ1) is 20.6. The maximum absolute atomic E-state index is 13.9. The number of sulfonamides is 1. The van der Waals surface area contributed by atoms with E-state index in [1.54, 1.807) is 6.92 Å². The third kappa shape index (κ3) is 5.25. The molecule has 0 saturated heterocycles. The van der Waals surface area contributed by atoms with E-state index >= 15 is 0 Å². The van der Waals surface area contributed by atoms with Crippen LogP contribution in [0.3, 0.4) is 0 Å². The van der Waals surface area contributed by atoms with E-state index in [1.807, 2.05) is 42.5 Å². The second-order valence-electron chi connectivity index (χ2n) is 5.97. The maximum atomic E-state index is 13.9. The van der Waals surface area contributed by atoms with Crippen molar-refractivity contribution in [2.75, 3.05) is 19.8 Å². The van der Waals surface area contributed by atoms with Crippen LogP contribution in [0.25, 0.3) is 10.8 Å². The van der Waals surface area contributed by atoms with Crippen molar-refractivity contribution >= 4 is 20.8 Å². The van der Waals surface area contributed by atoms with Crippen LogP contribution in [0.4, 0.5) is 4.39 Å². The number of benzene rings is 3. The zero-order valence-electron chi connectivity index (χ0n) is 15.8. The largest absolute Gasteiger partial charge is 0.491 e. The second-order valence-corrected chi connectivity index (χ2v) is 7.74. The summed E-state index contributed by atoms with van der Waals surface area (Å²) in [6, 6.07) is 17.1. The molecule has 150 valence electrons. The van der Waals surface area contributed by atoms with E-state index in [1.165, 1.54) is 12.1 Å². The molecule has 1 N–H and O–H groups in total. The SMILES string of the molecule is CCOc1ccc(S(=O)(=O)NCC#CCOc2cccc3ccccc23)cc1F. The number of nitrogens with one attached hydrogen (secondary N) is 1. The van der Waals surface area contributed by atoms with E-state index in [0.29, 0.717) is 5.75 Å². The molecule has 0 fully saturated rings.